The van der Waals surface area contributed by atoms with Crippen LogP contribution < -0.4 is 10.3 Å². The van der Waals surface area contributed by atoms with Gasteiger partial charge in [0.25, 0.3) is 5.56 Å². The maximum atomic E-state index is 13.5. The molecule has 36 heavy (non-hydrogen) atoms. The first-order valence-corrected chi connectivity index (χ1v) is 12.0. The number of carbonyl (C=O) groups excluding carboxylic acids is 1. The predicted molar refractivity (Wildman–Crippen MR) is 145 cm³/mol. The zero-order chi connectivity index (χ0) is 25.1. The molecular weight excluding hydrogens is 518 g/mol. The minimum Gasteiger partial charge on any atom is -0.422 e. The SMILES string of the molecule is Cc1cccc(-c2nc3ccccc3c(=O)n2N=Cc2cc(Br)ccc2OC(=O)c2ccccc2)c1. The van der Waals surface area contributed by atoms with Crippen LogP contribution in [0, 0.1) is 6.92 Å². The smallest absolute Gasteiger partial charge is 0.343 e. The van der Waals surface area contributed by atoms with E-state index in [1.54, 1.807) is 60.7 Å². The Kier molecular flexibility index (Phi) is 6.56. The molecular formula is C29H20BrN3O3. The Hall–Kier alpha value is -4.36. The molecule has 5 rings (SSSR count). The van der Waals surface area contributed by atoms with Gasteiger partial charge < -0.3 is 4.74 Å². The van der Waals surface area contributed by atoms with Gasteiger partial charge in [-0.25, -0.2) is 9.78 Å². The first-order valence-electron chi connectivity index (χ1n) is 11.2. The lowest BCUT2D eigenvalue weighted by molar-refractivity contribution is 0.0734. The minimum atomic E-state index is -0.488. The van der Waals surface area contributed by atoms with Gasteiger partial charge in [-0.3, -0.25) is 4.79 Å². The molecule has 0 unspecified atom stereocenters. The fraction of sp³-hybridized carbons (Fsp3) is 0.0345. The molecule has 0 aliphatic carbocycles. The molecule has 0 aliphatic heterocycles. The molecule has 0 saturated heterocycles. The Morgan fingerprint density at radius 1 is 0.944 bits per heavy atom. The number of para-hydroxylation sites is 1. The largest absolute Gasteiger partial charge is 0.422 e. The molecule has 0 saturated carbocycles. The van der Waals surface area contributed by atoms with E-state index in [2.05, 4.69) is 21.0 Å². The van der Waals surface area contributed by atoms with Crippen molar-refractivity contribution in [1.29, 1.82) is 0 Å². The number of aryl methyl sites for hydroxylation is 1. The number of ether oxygens (including phenoxy) is 1. The van der Waals surface area contributed by atoms with Crippen molar-refractivity contribution in [2.45, 2.75) is 6.92 Å². The number of nitrogens with zero attached hydrogens (tertiary/aromatic N) is 3. The topological polar surface area (TPSA) is 73.6 Å². The molecule has 6 nitrogen and oxygen atoms in total. The lowest BCUT2D eigenvalue weighted by Gasteiger charge is -2.11. The second-order valence-corrected chi connectivity index (χ2v) is 9.04. The molecule has 0 atom stereocenters. The Labute approximate surface area is 215 Å². The van der Waals surface area contributed by atoms with E-state index in [4.69, 9.17) is 9.72 Å². The van der Waals surface area contributed by atoms with Crippen LogP contribution in [0.4, 0.5) is 0 Å². The van der Waals surface area contributed by atoms with Crippen LogP contribution in [-0.2, 0) is 0 Å². The van der Waals surface area contributed by atoms with Crippen LogP contribution in [0.1, 0.15) is 21.5 Å². The summed E-state index contributed by atoms with van der Waals surface area (Å²) in [5.41, 5.74) is 3.04. The maximum Gasteiger partial charge on any atom is 0.343 e. The first kappa shape index (κ1) is 23.4. The van der Waals surface area contributed by atoms with Crippen molar-refractivity contribution in [3.63, 3.8) is 0 Å². The van der Waals surface area contributed by atoms with Gasteiger partial charge in [-0.15, -0.1) is 0 Å². The third-order valence-electron chi connectivity index (χ3n) is 5.53. The first-order chi connectivity index (χ1) is 17.5. The molecule has 1 heterocycles. The summed E-state index contributed by atoms with van der Waals surface area (Å²) in [5, 5.41) is 4.97. The van der Waals surface area contributed by atoms with Crippen molar-refractivity contribution in [1.82, 2.24) is 9.66 Å². The van der Waals surface area contributed by atoms with Gasteiger partial charge in [0.05, 0.1) is 22.7 Å². The number of esters is 1. The van der Waals surface area contributed by atoms with E-state index in [-0.39, 0.29) is 5.56 Å². The number of aromatic nitrogens is 2. The molecule has 5 aromatic rings. The Morgan fingerprint density at radius 3 is 2.53 bits per heavy atom. The number of benzene rings is 4. The van der Waals surface area contributed by atoms with Crippen molar-refractivity contribution < 1.29 is 9.53 Å². The quantitative estimate of drug-likeness (QED) is 0.151. The van der Waals surface area contributed by atoms with Gasteiger partial charge in [0, 0.05) is 15.6 Å². The normalized spacial score (nSPS) is 11.2. The highest BCUT2D eigenvalue weighted by Gasteiger charge is 2.14. The minimum absolute atomic E-state index is 0.300. The average Bonchev–Trinajstić information content (AvgIpc) is 2.90. The van der Waals surface area contributed by atoms with Gasteiger partial charge in [-0.05, 0) is 55.5 Å². The number of hydrogen-bond acceptors (Lipinski definition) is 5. The van der Waals surface area contributed by atoms with Gasteiger partial charge >= 0.3 is 5.97 Å². The van der Waals surface area contributed by atoms with Crippen LogP contribution in [0.2, 0.25) is 0 Å². The Bertz CT molecular complexity index is 1680. The predicted octanol–water partition coefficient (Wildman–Crippen LogP) is 6.24. The zero-order valence-corrected chi connectivity index (χ0v) is 20.8. The summed E-state index contributed by atoms with van der Waals surface area (Å²) in [6, 6.07) is 28.9. The summed E-state index contributed by atoms with van der Waals surface area (Å²) in [6.45, 7) is 1.98. The van der Waals surface area contributed by atoms with Crippen molar-refractivity contribution in [3.05, 3.63) is 129 Å². The number of carbonyl (C=O) groups is 1. The Balaban J connectivity index is 1.61. The third kappa shape index (κ3) is 4.87. The number of halogens is 1. The highest BCUT2D eigenvalue weighted by Crippen LogP contribution is 2.24. The summed E-state index contributed by atoms with van der Waals surface area (Å²) in [5.74, 6) is 0.240. The molecule has 176 valence electrons. The van der Waals surface area contributed by atoms with Crippen LogP contribution in [0.25, 0.3) is 22.3 Å². The summed E-state index contributed by atoms with van der Waals surface area (Å²) in [7, 11) is 0. The van der Waals surface area contributed by atoms with Crippen molar-refractivity contribution in [2.75, 3.05) is 0 Å². The van der Waals surface area contributed by atoms with Crippen LogP contribution in [-0.4, -0.2) is 21.8 Å². The second-order valence-electron chi connectivity index (χ2n) is 8.12. The van der Waals surface area contributed by atoms with Gasteiger partial charge in [0.1, 0.15) is 5.75 Å². The van der Waals surface area contributed by atoms with Gasteiger partial charge in [0.15, 0.2) is 5.82 Å². The van der Waals surface area contributed by atoms with Crippen molar-refractivity contribution in [3.8, 4) is 17.1 Å². The Morgan fingerprint density at radius 2 is 1.72 bits per heavy atom. The van der Waals surface area contributed by atoms with Crippen LogP contribution in [0.3, 0.4) is 0 Å². The lowest BCUT2D eigenvalue weighted by Crippen LogP contribution is -2.20. The molecule has 0 N–H and O–H groups in total. The van der Waals surface area contributed by atoms with Crippen LogP contribution >= 0.6 is 15.9 Å². The van der Waals surface area contributed by atoms with Crippen molar-refractivity contribution >= 4 is 39.0 Å². The fourth-order valence-electron chi connectivity index (χ4n) is 3.77. The molecule has 4 aromatic carbocycles. The van der Waals surface area contributed by atoms with Crippen LogP contribution in [0.5, 0.6) is 5.75 Å². The van der Waals surface area contributed by atoms with E-state index in [1.807, 2.05) is 43.3 Å². The number of hydrogen-bond donors (Lipinski definition) is 0. The van der Waals surface area contributed by atoms with E-state index in [9.17, 15) is 9.59 Å². The molecule has 0 amide bonds. The van der Waals surface area contributed by atoms with E-state index < -0.39 is 5.97 Å². The maximum absolute atomic E-state index is 13.5. The monoisotopic (exact) mass is 537 g/mol. The highest BCUT2D eigenvalue weighted by molar-refractivity contribution is 9.10. The highest BCUT2D eigenvalue weighted by atomic mass is 79.9. The lowest BCUT2D eigenvalue weighted by atomic mass is 10.1. The summed E-state index contributed by atoms with van der Waals surface area (Å²) in [6.07, 6.45) is 1.50. The number of rotatable bonds is 5. The summed E-state index contributed by atoms with van der Waals surface area (Å²) in [4.78, 5) is 30.9. The molecule has 1 aromatic heterocycles. The molecule has 0 fully saturated rings. The second kappa shape index (κ2) is 10.1. The average molecular weight is 538 g/mol. The van der Waals surface area contributed by atoms with E-state index in [1.165, 1.54) is 10.9 Å². The molecule has 0 bridgehead atoms. The molecule has 0 spiro atoms. The van der Waals surface area contributed by atoms with E-state index >= 15 is 0 Å². The van der Waals surface area contributed by atoms with Crippen molar-refractivity contribution in [2.24, 2.45) is 5.10 Å². The molecule has 0 aliphatic rings. The molecule has 7 heteroatoms. The van der Waals surface area contributed by atoms with Gasteiger partial charge in [0.2, 0.25) is 0 Å². The van der Waals surface area contributed by atoms with E-state index in [0.29, 0.717) is 33.6 Å². The zero-order valence-electron chi connectivity index (χ0n) is 19.3. The third-order valence-corrected chi connectivity index (χ3v) is 6.02. The van der Waals surface area contributed by atoms with Gasteiger partial charge in [-0.2, -0.15) is 9.78 Å². The summed E-state index contributed by atoms with van der Waals surface area (Å²) >= 11 is 3.46. The standard InChI is InChI=1S/C29H20BrN3O3/c1-19-8-7-11-21(16-19)27-32-25-13-6-5-12-24(25)28(34)33(27)31-18-22-17-23(30)14-15-26(22)36-29(35)20-9-3-2-4-10-20/h2-18H,1H3. The molecule has 0 radical (unpaired) electrons. The van der Waals surface area contributed by atoms with Crippen LogP contribution in [0.15, 0.2) is 111 Å². The summed E-state index contributed by atoms with van der Waals surface area (Å²) < 4.78 is 7.70. The van der Waals surface area contributed by atoms with E-state index in [0.717, 1.165) is 15.6 Å². The number of fused-ring (bicyclic) bond motifs is 1. The van der Waals surface area contributed by atoms with Gasteiger partial charge in [-0.1, -0.05) is 70.0 Å². The fourth-order valence-corrected chi connectivity index (χ4v) is 4.15.